The van der Waals surface area contributed by atoms with E-state index in [9.17, 15) is 4.39 Å². The van der Waals surface area contributed by atoms with E-state index in [1.807, 2.05) is 0 Å². The molecule has 5 nitrogen and oxygen atoms in total. The molecule has 0 aliphatic heterocycles. The molecule has 0 aliphatic carbocycles. The molecule has 4 N–H and O–H groups in total. The van der Waals surface area contributed by atoms with Crippen LogP contribution in [0.4, 0.5) is 10.1 Å². The summed E-state index contributed by atoms with van der Waals surface area (Å²) >= 11 is 0. The molecule has 0 aromatic heterocycles. The minimum atomic E-state index is -1.32. The SMILES string of the molecule is N#Cc1ccc(NC(CO)(CO)CO)cc1F. The molecule has 0 amide bonds. The first-order chi connectivity index (χ1) is 8.10. The largest absolute Gasteiger partial charge is 0.394 e. The molecule has 0 radical (unpaired) electrons. The number of nitrogens with zero attached hydrogens (tertiary/aromatic N) is 1. The van der Waals surface area contributed by atoms with Gasteiger partial charge in [-0.3, -0.25) is 0 Å². The Morgan fingerprint density at radius 2 is 1.82 bits per heavy atom. The van der Waals surface area contributed by atoms with Crippen molar-refractivity contribution in [1.82, 2.24) is 0 Å². The second-order valence-electron chi connectivity index (χ2n) is 3.69. The molecule has 0 heterocycles. The molecule has 0 saturated carbocycles. The van der Waals surface area contributed by atoms with E-state index in [1.165, 1.54) is 12.1 Å². The predicted octanol–water partition coefficient (Wildman–Crippen LogP) is -0.175. The van der Waals surface area contributed by atoms with Gasteiger partial charge >= 0.3 is 0 Å². The van der Waals surface area contributed by atoms with Crippen molar-refractivity contribution in [2.75, 3.05) is 25.1 Å². The van der Waals surface area contributed by atoms with E-state index in [0.29, 0.717) is 0 Å². The Morgan fingerprint density at radius 3 is 2.24 bits per heavy atom. The van der Waals surface area contributed by atoms with E-state index in [2.05, 4.69) is 5.32 Å². The number of hydrogen-bond donors (Lipinski definition) is 4. The summed E-state index contributed by atoms with van der Waals surface area (Å²) in [7, 11) is 0. The summed E-state index contributed by atoms with van der Waals surface area (Å²) in [5.74, 6) is -0.708. The Hall–Kier alpha value is -1.68. The second-order valence-corrected chi connectivity index (χ2v) is 3.69. The lowest BCUT2D eigenvalue weighted by Crippen LogP contribution is -2.49. The summed E-state index contributed by atoms with van der Waals surface area (Å²) in [6.45, 7) is -1.54. The van der Waals surface area contributed by atoms with Crippen LogP contribution in [0.1, 0.15) is 5.56 Å². The van der Waals surface area contributed by atoms with Crippen LogP contribution in [0.5, 0.6) is 0 Å². The average molecular weight is 240 g/mol. The maximum absolute atomic E-state index is 13.3. The zero-order chi connectivity index (χ0) is 12.9. The van der Waals surface area contributed by atoms with Crippen LogP contribution in [0.3, 0.4) is 0 Å². The molecule has 0 aliphatic rings. The maximum atomic E-state index is 13.3. The number of aliphatic hydroxyl groups excluding tert-OH is 3. The fourth-order valence-electron chi connectivity index (χ4n) is 1.26. The minimum Gasteiger partial charge on any atom is -0.394 e. The van der Waals surface area contributed by atoms with Gasteiger partial charge in [0.25, 0.3) is 0 Å². The molecular weight excluding hydrogens is 227 g/mol. The van der Waals surface area contributed by atoms with Crippen LogP contribution in [0.25, 0.3) is 0 Å². The number of hydrogen-bond acceptors (Lipinski definition) is 5. The van der Waals surface area contributed by atoms with E-state index < -0.39 is 31.2 Å². The van der Waals surface area contributed by atoms with Gasteiger partial charge in [0, 0.05) is 5.69 Å². The lowest BCUT2D eigenvalue weighted by atomic mass is 10.0. The Bertz CT molecular complexity index is 419. The van der Waals surface area contributed by atoms with Crippen molar-refractivity contribution < 1.29 is 19.7 Å². The summed E-state index contributed by atoms with van der Waals surface area (Å²) in [5, 5.41) is 38.4. The normalized spacial score (nSPS) is 11.0. The molecule has 0 bridgehead atoms. The minimum absolute atomic E-state index is 0.0989. The third kappa shape index (κ3) is 2.91. The number of rotatable bonds is 5. The van der Waals surface area contributed by atoms with Crippen LogP contribution in [0.15, 0.2) is 18.2 Å². The summed E-state index contributed by atoms with van der Waals surface area (Å²) in [4.78, 5) is 0. The van der Waals surface area contributed by atoms with Crippen molar-refractivity contribution in [3.63, 3.8) is 0 Å². The zero-order valence-corrected chi connectivity index (χ0v) is 9.02. The van der Waals surface area contributed by atoms with Crippen LogP contribution in [-0.4, -0.2) is 40.7 Å². The molecule has 92 valence electrons. The monoisotopic (exact) mass is 240 g/mol. The molecule has 17 heavy (non-hydrogen) atoms. The van der Waals surface area contributed by atoms with Gasteiger partial charge in [-0.2, -0.15) is 5.26 Å². The highest BCUT2D eigenvalue weighted by atomic mass is 19.1. The summed E-state index contributed by atoms with van der Waals surface area (Å²) < 4.78 is 13.3. The van der Waals surface area contributed by atoms with Crippen molar-refractivity contribution in [2.45, 2.75) is 5.54 Å². The lowest BCUT2D eigenvalue weighted by molar-refractivity contribution is 0.0833. The highest BCUT2D eigenvalue weighted by molar-refractivity contribution is 5.50. The van der Waals surface area contributed by atoms with Crippen molar-refractivity contribution >= 4 is 5.69 Å². The van der Waals surface area contributed by atoms with Crippen LogP contribution >= 0.6 is 0 Å². The topological polar surface area (TPSA) is 96.5 Å². The molecule has 0 saturated heterocycles. The van der Waals surface area contributed by atoms with Gasteiger partial charge in [-0.15, -0.1) is 0 Å². The van der Waals surface area contributed by atoms with Crippen LogP contribution in [0.2, 0.25) is 0 Å². The van der Waals surface area contributed by atoms with E-state index in [4.69, 9.17) is 20.6 Å². The first-order valence-electron chi connectivity index (χ1n) is 4.91. The van der Waals surface area contributed by atoms with Crippen LogP contribution < -0.4 is 5.32 Å². The third-order valence-electron chi connectivity index (χ3n) is 2.41. The molecule has 1 aromatic rings. The van der Waals surface area contributed by atoms with Gasteiger partial charge < -0.3 is 20.6 Å². The summed E-state index contributed by atoms with van der Waals surface area (Å²) in [6.07, 6.45) is 0. The molecular formula is C11H13FN2O3. The van der Waals surface area contributed by atoms with Gasteiger partial charge in [-0.25, -0.2) is 4.39 Å². The number of halogens is 1. The van der Waals surface area contributed by atoms with Gasteiger partial charge in [-0.1, -0.05) is 0 Å². The standard InChI is InChI=1S/C11H13FN2O3/c12-10-3-9(2-1-8(10)4-13)14-11(5-15,6-16)7-17/h1-3,14-17H,5-7H2. The molecule has 0 spiro atoms. The molecule has 1 aromatic carbocycles. The van der Waals surface area contributed by atoms with Crippen LogP contribution in [-0.2, 0) is 0 Å². The highest BCUT2D eigenvalue weighted by Crippen LogP contribution is 2.18. The fraction of sp³-hybridized carbons (Fsp3) is 0.364. The Morgan fingerprint density at radius 1 is 1.24 bits per heavy atom. The van der Waals surface area contributed by atoms with Gasteiger partial charge in [0.05, 0.1) is 25.4 Å². The van der Waals surface area contributed by atoms with Gasteiger partial charge in [0.1, 0.15) is 17.4 Å². The molecule has 0 fully saturated rings. The molecule has 6 heteroatoms. The van der Waals surface area contributed by atoms with Gasteiger partial charge in [0.2, 0.25) is 0 Å². The third-order valence-corrected chi connectivity index (χ3v) is 2.41. The molecule has 1 rings (SSSR count). The summed E-state index contributed by atoms with van der Waals surface area (Å²) in [6, 6.07) is 5.44. The number of nitriles is 1. The smallest absolute Gasteiger partial charge is 0.143 e. The fourth-order valence-corrected chi connectivity index (χ4v) is 1.26. The van der Waals surface area contributed by atoms with Gasteiger partial charge in [0.15, 0.2) is 0 Å². The first-order valence-corrected chi connectivity index (χ1v) is 4.91. The van der Waals surface area contributed by atoms with Crippen molar-refractivity contribution in [3.05, 3.63) is 29.6 Å². The number of aliphatic hydroxyl groups is 3. The van der Waals surface area contributed by atoms with E-state index in [-0.39, 0.29) is 11.3 Å². The van der Waals surface area contributed by atoms with Crippen molar-refractivity contribution in [3.8, 4) is 6.07 Å². The maximum Gasteiger partial charge on any atom is 0.143 e. The Kier molecular flexibility index (Phi) is 4.40. The highest BCUT2D eigenvalue weighted by Gasteiger charge is 2.27. The number of nitrogens with one attached hydrogen (secondary N) is 1. The number of benzene rings is 1. The van der Waals surface area contributed by atoms with E-state index in [0.717, 1.165) is 6.07 Å². The zero-order valence-electron chi connectivity index (χ0n) is 9.02. The lowest BCUT2D eigenvalue weighted by Gasteiger charge is -2.29. The Balaban J connectivity index is 2.95. The molecule has 0 atom stereocenters. The van der Waals surface area contributed by atoms with Crippen molar-refractivity contribution in [1.29, 1.82) is 5.26 Å². The second kappa shape index (κ2) is 5.59. The van der Waals surface area contributed by atoms with Crippen LogP contribution in [0, 0.1) is 17.1 Å². The van der Waals surface area contributed by atoms with Gasteiger partial charge in [-0.05, 0) is 18.2 Å². The van der Waals surface area contributed by atoms with E-state index in [1.54, 1.807) is 6.07 Å². The first kappa shape index (κ1) is 13.4. The quantitative estimate of drug-likeness (QED) is 0.572. The average Bonchev–Trinajstić information content (AvgIpc) is 2.36. The predicted molar refractivity (Wildman–Crippen MR) is 58.7 cm³/mol. The Labute approximate surface area is 97.7 Å². The molecule has 0 unspecified atom stereocenters. The van der Waals surface area contributed by atoms with Crippen molar-refractivity contribution in [2.24, 2.45) is 0 Å². The van der Waals surface area contributed by atoms with E-state index >= 15 is 0 Å². The number of anilines is 1. The summed E-state index contributed by atoms with van der Waals surface area (Å²) in [5.41, 5.74) is -1.16.